The molecule has 2 aromatic rings. The van der Waals surface area contributed by atoms with Crippen LogP contribution in [0.15, 0.2) is 67.0 Å². The molecule has 1 aromatic carbocycles. The molecule has 5 heteroatoms. The SMILES string of the molecule is CCCCCC/C(=C\C=C\C(=O)NCCOCc1cccnc1)c1ccc(OC)cc1. The van der Waals surface area contributed by atoms with Crippen LogP contribution >= 0.6 is 0 Å². The van der Waals surface area contributed by atoms with Crippen molar-refractivity contribution in [3.63, 3.8) is 0 Å². The summed E-state index contributed by atoms with van der Waals surface area (Å²) < 4.78 is 10.8. The molecule has 166 valence electrons. The van der Waals surface area contributed by atoms with Gasteiger partial charge in [0.15, 0.2) is 0 Å². The largest absolute Gasteiger partial charge is 0.497 e. The number of benzene rings is 1. The zero-order chi connectivity index (χ0) is 22.2. The highest BCUT2D eigenvalue weighted by atomic mass is 16.5. The van der Waals surface area contributed by atoms with Gasteiger partial charge in [0.05, 0.1) is 20.3 Å². The first kappa shape index (κ1) is 24.4. The summed E-state index contributed by atoms with van der Waals surface area (Å²) in [6.45, 7) is 3.63. The number of aromatic nitrogens is 1. The zero-order valence-corrected chi connectivity index (χ0v) is 18.7. The second-order valence-corrected chi connectivity index (χ2v) is 7.30. The summed E-state index contributed by atoms with van der Waals surface area (Å²) in [6.07, 6.45) is 14.7. The molecule has 0 bridgehead atoms. The van der Waals surface area contributed by atoms with Crippen molar-refractivity contribution in [2.75, 3.05) is 20.3 Å². The van der Waals surface area contributed by atoms with Gasteiger partial charge in [0.25, 0.3) is 0 Å². The highest BCUT2D eigenvalue weighted by molar-refractivity contribution is 5.88. The summed E-state index contributed by atoms with van der Waals surface area (Å²) >= 11 is 0. The Hall–Kier alpha value is -2.92. The predicted octanol–water partition coefficient (Wildman–Crippen LogP) is 5.33. The molecule has 5 nitrogen and oxygen atoms in total. The minimum Gasteiger partial charge on any atom is -0.497 e. The lowest BCUT2D eigenvalue weighted by Crippen LogP contribution is -2.25. The van der Waals surface area contributed by atoms with Crippen LogP contribution in [0.25, 0.3) is 5.57 Å². The maximum Gasteiger partial charge on any atom is 0.244 e. The summed E-state index contributed by atoms with van der Waals surface area (Å²) in [6, 6.07) is 11.9. The Kier molecular flexibility index (Phi) is 11.8. The molecular formula is C26H34N2O3. The normalized spacial score (nSPS) is 11.6. The Bertz CT molecular complexity index is 814. The van der Waals surface area contributed by atoms with Crippen molar-refractivity contribution in [3.8, 4) is 5.75 Å². The number of rotatable bonds is 14. The first-order chi connectivity index (χ1) is 15.2. The van der Waals surface area contributed by atoms with Gasteiger partial charge in [-0.05, 0) is 47.7 Å². The van der Waals surface area contributed by atoms with Crippen molar-refractivity contribution in [2.24, 2.45) is 0 Å². The van der Waals surface area contributed by atoms with E-state index in [2.05, 4.69) is 29.4 Å². The van der Waals surface area contributed by atoms with Crippen LogP contribution in [-0.4, -0.2) is 31.2 Å². The van der Waals surface area contributed by atoms with E-state index < -0.39 is 0 Å². The molecular weight excluding hydrogens is 388 g/mol. The number of hydrogen-bond donors (Lipinski definition) is 1. The molecule has 0 atom stereocenters. The molecule has 0 spiro atoms. The lowest BCUT2D eigenvalue weighted by Gasteiger charge is -2.08. The molecule has 31 heavy (non-hydrogen) atoms. The number of carbonyl (C=O) groups excluding carboxylic acids is 1. The van der Waals surface area contributed by atoms with Crippen molar-refractivity contribution in [1.29, 1.82) is 0 Å². The summed E-state index contributed by atoms with van der Waals surface area (Å²) in [4.78, 5) is 16.1. The minimum absolute atomic E-state index is 0.124. The third-order valence-corrected chi connectivity index (χ3v) is 4.84. The van der Waals surface area contributed by atoms with E-state index in [1.54, 1.807) is 25.6 Å². The average molecular weight is 423 g/mol. The first-order valence-electron chi connectivity index (χ1n) is 11.0. The van der Waals surface area contributed by atoms with Gasteiger partial charge in [-0.1, -0.05) is 56.5 Å². The van der Waals surface area contributed by atoms with E-state index in [9.17, 15) is 4.79 Å². The Morgan fingerprint density at radius 3 is 2.68 bits per heavy atom. The van der Waals surface area contributed by atoms with Crippen LogP contribution < -0.4 is 10.1 Å². The maximum absolute atomic E-state index is 12.1. The standard InChI is InChI=1S/C26H34N2O3/c1-3-4-5-6-10-23(24-13-15-25(30-2)16-14-24)11-7-12-26(29)28-18-19-31-21-22-9-8-17-27-20-22/h7-9,11-17,20H,3-6,10,18-19,21H2,1-2H3,(H,28,29)/b12-7+,23-11+. The van der Waals surface area contributed by atoms with Crippen molar-refractivity contribution in [3.05, 3.63) is 78.1 Å². The van der Waals surface area contributed by atoms with E-state index in [4.69, 9.17) is 9.47 Å². The lowest BCUT2D eigenvalue weighted by atomic mass is 9.98. The number of amides is 1. The molecule has 0 unspecified atom stereocenters. The number of methoxy groups -OCH3 is 1. The van der Waals surface area contributed by atoms with Crippen LogP contribution in [0.3, 0.4) is 0 Å². The van der Waals surface area contributed by atoms with Gasteiger partial charge in [0.1, 0.15) is 5.75 Å². The molecule has 1 N–H and O–H groups in total. The quantitative estimate of drug-likeness (QED) is 0.254. The molecule has 0 aliphatic rings. The Balaban J connectivity index is 1.81. The van der Waals surface area contributed by atoms with E-state index in [-0.39, 0.29) is 5.91 Å². The van der Waals surface area contributed by atoms with Gasteiger partial charge in [-0.15, -0.1) is 0 Å². The minimum atomic E-state index is -0.124. The van der Waals surface area contributed by atoms with Crippen LogP contribution in [0.4, 0.5) is 0 Å². The molecule has 0 radical (unpaired) electrons. The highest BCUT2D eigenvalue weighted by Gasteiger charge is 2.02. The van der Waals surface area contributed by atoms with Crippen molar-refractivity contribution < 1.29 is 14.3 Å². The number of nitrogens with one attached hydrogen (secondary N) is 1. The number of ether oxygens (including phenoxy) is 2. The highest BCUT2D eigenvalue weighted by Crippen LogP contribution is 2.24. The van der Waals surface area contributed by atoms with Crippen molar-refractivity contribution in [2.45, 2.75) is 45.6 Å². The Morgan fingerprint density at radius 2 is 1.97 bits per heavy atom. The maximum atomic E-state index is 12.1. The van der Waals surface area contributed by atoms with Gasteiger partial charge in [-0.3, -0.25) is 9.78 Å². The molecule has 0 saturated carbocycles. The number of hydrogen-bond acceptors (Lipinski definition) is 4. The number of carbonyl (C=O) groups is 1. The number of nitrogens with zero attached hydrogens (tertiary/aromatic N) is 1. The smallest absolute Gasteiger partial charge is 0.244 e. The Labute approximate surface area is 186 Å². The summed E-state index contributed by atoms with van der Waals surface area (Å²) in [5.41, 5.74) is 3.40. The van der Waals surface area contributed by atoms with Crippen LogP contribution in [0.5, 0.6) is 5.75 Å². The molecule has 0 saturated heterocycles. The van der Waals surface area contributed by atoms with Gasteiger partial charge in [0.2, 0.25) is 5.91 Å². The van der Waals surface area contributed by atoms with E-state index in [0.717, 1.165) is 29.7 Å². The van der Waals surface area contributed by atoms with Crippen molar-refractivity contribution in [1.82, 2.24) is 10.3 Å². The number of pyridine rings is 1. The van der Waals surface area contributed by atoms with Gasteiger partial charge in [-0.2, -0.15) is 0 Å². The molecule has 0 aliphatic heterocycles. The van der Waals surface area contributed by atoms with Gasteiger partial charge >= 0.3 is 0 Å². The second kappa shape index (κ2) is 15.0. The average Bonchev–Trinajstić information content (AvgIpc) is 2.81. The van der Waals surface area contributed by atoms with E-state index in [1.165, 1.54) is 24.8 Å². The zero-order valence-electron chi connectivity index (χ0n) is 18.7. The van der Waals surface area contributed by atoms with Gasteiger partial charge in [-0.25, -0.2) is 0 Å². The lowest BCUT2D eigenvalue weighted by molar-refractivity contribution is -0.116. The van der Waals surface area contributed by atoms with Crippen LogP contribution in [0, 0.1) is 0 Å². The van der Waals surface area contributed by atoms with Crippen LogP contribution in [0.2, 0.25) is 0 Å². The molecule has 1 heterocycles. The Morgan fingerprint density at radius 1 is 1.13 bits per heavy atom. The fraction of sp³-hybridized carbons (Fsp3) is 0.385. The van der Waals surface area contributed by atoms with E-state index in [0.29, 0.717) is 19.8 Å². The van der Waals surface area contributed by atoms with Gasteiger partial charge in [0, 0.05) is 25.0 Å². The fourth-order valence-electron chi connectivity index (χ4n) is 3.10. The van der Waals surface area contributed by atoms with Gasteiger partial charge < -0.3 is 14.8 Å². The van der Waals surface area contributed by atoms with E-state index >= 15 is 0 Å². The molecule has 1 amide bonds. The summed E-state index contributed by atoms with van der Waals surface area (Å²) in [5, 5.41) is 2.85. The van der Waals surface area contributed by atoms with E-state index in [1.807, 2.05) is 36.4 Å². The summed E-state index contributed by atoms with van der Waals surface area (Å²) in [7, 11) is 1.67. The monoisotopic (exact) mass is 422 g/mol. The molecule has 0 aliphatic carbocycles. The third-order valence-electron chi connectivity index (χ3n) is 4.84. The number of unbranched alkanes of at least 4 members (excludes halogenated alkanes) is 3. The third kappa shape index (κ3) is 10.1. The first-order valence-corrected chi connectivity index (χ1v) is 11.0. The van der Waals surface area contributed by atoms with Crippen molar-refractivity contribution >= 4 is 11.5 Å². The van der Waals surface area contributed by atoms with Crippen LogP contribution in [-0.2, 0) is 16.1 Å². The predicted molar refractivity (Wildman–Crippen MR) is 126 cm³/mol. The molecule has 1 aromatic heterocycles. The molecule has 2 rings (SSSR count). The second-order valence-electron chi connectivity index (χ2n) is 7.30. The summed E-state index contributed by atoms with van der Waals surface area (Å²) in [5.74, 6) is 0.719. The van der Waals surface area contributed by atoms with Crippen LogP contribution in [0.1, 0.15) is 50.2 Å². The fourth-order valence-corrected chi connectivity index (χ4v) is 3.10. The number of allylic oxidation sites excluding steroid dienone is 3. The molecule has 0 fully saturated rings. The topological polar surface area (TPSA) is 60.5 Å².